The van der Waals surface area contributed by atoms with E-state index >= 15 is 0 Å². The van der Waals surface area contributed by atoms with E-state index in [9.17, 15) is 9.59 Å². The number of hydrogen-bond acceptors (Lipinski definition) is 2. The first kappa shape index (κ1) is 13.6. The average Bonchev–Trinajstić information content (AvgIpc) is 3.37. The van der Waals surface area contributed by atoms with Gasteiger partial charge in [-0.15, -0.1) is 0 Å². The third-order valence-electron chi connectivity index (χ3n) is 4.61. The lowest BCUT2D eigenvalue weighted by Gasteiger charge is -2.22. The Morgan fingerprint density at radius 3 is 2.68 bits per heavy atom. The second-order valence-electron chi connectivity index (χ2n) is 6.69. The van der Waals surface area contributed by atoms with Crippen LogP contribution in [0.15, 0.2) is 29.1 Å². The molecular formula is C18H20N2O2. The molecule has 4 heteroatoms. The van der Waals surface area contributed by atoms with Gasteiger partial charge in [0.25, 0.3) is 5.56 Å². The van der Waals surface area contributed by atoms with E-state index in [1.807, 2.05) is 30.0 Å². The van der Waals surface area contributed by atoms with Crippen molar-refractivity contribution in [3.63, 3.8) is 0 Å². The lowest BCUT2D eigenvalue weighted by molar-refractivity contribution is -0.133. The number of aryl methyl sites for hydroxylation is 1. The number of H-pyrrole nitrogens is 1. The first-order chi connectivity index (χ1) is 10.6. The second kappa shape index (κ2) is 4.97. The van der Waals surface area contributed by atoms with Crippen molar-refractivity contribution in [2.45, 2.75) is 45.2 Å². The van der Waals surface area contributed by atoms with Crippen molar-refractivity contribution in [1.82, 2.24) is 9.88 Å². The molecule has 2 aliphatic rings. The number of benzene rings is 1. The van der Waals surface area contributed by atoms with Gasteiger partial charge in [-0.2, -0.15) is 0 Å². The van der Waals surface area contributed by atoms with Crippen LogP contribution in [0.5, 0.6) is 0 Å². The summed E-state index contributed by atoms with van der Waals surface area (Å²) in [5.41, 5.74) is 2.63. The molecule has 22 heavy (non-hydrogen) atoms. The Labute approximate surface area is 129 Å². The van der Waals surface area contributed by atoms with E-state index in [0.717, 1.165) is 36.6 Å². The molecule has 2 aromatic rings. The molecule has 114 valence electrons. The monoisotopic (exact) mass is 296 g/mol. The molecule has 1 heterocycles. The fourth-order valence-electron chi connectivity index (χ4n) is 3.01. The molecule has 0 aliphatic heterocycles. The Hall–Kier alpha value is -2.10. The molecule has 1 aromatic heterocycles. The summed E-state index contributed by atoms with van der Waals surface area (Å²) in [6.45, 7) is 2.48. The number of aromatic nitrogens is 1. The molecule has 0 saturated heterocycles. The number of amides is 1. The number of nitrogens with zero attached hydrogens (tertiary/aromatic N) is 1. The van der Waals surface area contributed by atoms with Gasteiger partial charge in [-0.1, -0.05) is 11.6 Å². The molecule has 2 aliphatic carbocycles. The van der Waals surface area contributed by atoms with Gasteiger partial charge < -0.3 is 9.88 Å². The van der Waals surface area contributed by atoms with Crippen LogP contribution in [0.2, 0.25) is 0 Å². The zero-order valence-corrected chi connectivity index (χ0v) is 12.8. The maximum absolute atomic E-state index is 12.4. The van der Waals surface area contributed by atoms with Crippen LogP contribution >= 0.6 is 0 Å². The van der Waals surface area contributed by atoms with Crippen LogP contribution in [0.4, 0.5) is 0 Å². The number of carbonyl (C=O) groups excluding carboxylic acids is 1. The topological polar surface area (TPSA) is 53.2 Å². The van der Waals surface area contributed by atoms with Crippen molar-refractivity contribution in [2.75, 3.05) is 0 Å². The van der Waals surface area contributed by atoms with Crippen LogP contribution in [0.25, 0.3) is 10.9 Å². The summed E-state index contributed by atoms with van der Waals surface area (Å²) in [4.78, 5) is 29.6. The largest absolute Gasteiger partial charge is 0.335 e. The molecule has 2 saturated carbocycles. The van der Waals surface area contributed by atoms with E-state index in [-0.39, 0.29) is 17.4 Å². The van der Waals surface area contributed by atoms with Crippen molar-refractivity contribution >= 4 is 16.8 Å². The molecule has 0 radical (unpaired) electrons. The minimum Gasteiger partial charge on any atom is -0.335 e. The Morgan fingerprint density at radius 1 is 1.23 bits per heavy atom. The predicted molar refractivity (Wildman–Crippen MR) is 85.6 cm³/mol. The first-order valence-electron chi connectivity index (χ1n) is 8.05. The summed E-state index contributed by atoms with van der Waals surface area (Å²) >= 11 is 0. The summed E-state index contributed by atoms with van der Waals surface area (Å²) in [7, 11) is 0. The number of pyridine rings is 1. The molecule has 1 aromatic carbocycles. The average molecular weight is 296 g/mol. The van der Waals surface area contributed by atoms with Gasteiger partial charge >= 0.3 is 0 Å². The zero-order chi connectivity index (χ0) is 15.3. The van der Waals surface area contributed by atoms with Gasteiger partial charge in [-0.25, -0.2) is 0 Å². The molecule has 4 nitrogen and oxygen atoms in total. The highest BCUT2D eigenvalue weighted by Gasteiger charge is 2.40. The Bertz CT molecular complexity index is 800. The fourth-order valence-corrected chi connectivity index (χ4v) is 3.01. The Balaban J connectivity index is 1.68. The number of rotatable bonds is 4. The second-order valence-corrected chi connectivity index (χ2v) is 6.69. The molecule has 1 N–H and O–H groups in total. The molecular weight excluding hydrogens is 276 g/mol. The van der Waals surface area contributed by atoms with Crippen molar-refractivity contribution in [3.8, 4) is 0 Å². The third kappa shape index (κ3) is 2.54. The fraction of sp³-hybridized carbons (Fsp3) is 0.444. The Morgan fingerprint density at radius 2 is 2.00 bits per heavy atom. The van der Waals surface area contributed by atoms with Crippen LogP contribution in [-0.4, -0.2) is 21.8 Å². The number of nitrogens with one attached hydrogen (secondary N) is 1. The number of carbonyl (C=O) groups is 1. The van der Waals surface area contributed by atoms with Crippen LogP contribution in [0.3, 0.4) is 0 Å². The van der Waals surface area contributed by atoms with Crippen LogP contribution in [-0.2, 0) is 11.3 Å². The molecule has 1 amide bonds. The Kier molecular flexibility index (Phi) is 3.06. The van der Waals surface area contributed by atoms with Crippen LogP contribution in [0, 0.1) is 12.8 Å². The summed E-state index contributed by atoms with van der Waals surface area (Å²) in [6, 6.07) is 8.28. The predicted octanol–water partition coefficient (Wildman–Crippen LogP) is 2.74. The van der Waals surface area contributed by atoms with E-state index < -0.39 is 0 Å². The van der Waals surface area contributed by atoms with Crippen molar-refractivity contribution in [1.29, 1.82) is 0 Å². The van der Waals surface area contributed by atoms with Crippen molar-refractivity contribution in [3.05, 3.63) is 45.7 Å². The molecule has 2 fully saturated rings. The smallest absolute Gasteiger partial charge is 0.253 e. The maximum Gasteiger partial charge on any atom is 0.253 e. The maximum atomic E-state index is 12.4. The van der Waals surface area contributed by atoms with Gasteiger partial charge in [0, 0.05) is 23.0 Å². The van der Waals surface area contributed by atoms with Gasteiger partial charge in [0.2, 0.25) is 5.91 Å². The standard InChI is InChI=1S/C18H20N2O2/c1-11-2-7-16-13(8-11)9-14(17(21)19-16)10-20(15-5-6-15)18(22)12-3-4-12/h2,7-9,12,15H,3-6,10H2,1H3,(H,19,21). The minimum atomic E-state index is -0.0781. The van der Waals surface area contributed by atoms with E-state index in [2.05, 4.69) is 11.1 Å². The quantitative estimate of drug-likeness (QED) is 0.943. The van der Waals surface area contributed by atoms with E-state index in [1.54, 1.807) is 0 Å². The molecule has 0 atom stereocenters. The van der Waals surface area contributed by atoms with Crippen LogP contribution in [0.1, 0.15) is 36.8 Å². The minimum absolute atomic E-state index is 0.0781. The summed E-state index contributed by atoms with van der Waals surface area (Å²) in [5, 5.41) is 1.03. The van der Waals surface area contributed by atoms with Gasteiger partial charge in [-0.3, -0.25) is 9.59 Å². The van der Waals surface area contributed by atoms with Crippen molar-refractivity contribution < 1.29 is 4.79 Å². The summed E-state index contributed by atoms with van der Waals surface area (Å²) < 4.78 is 0. The lowest BCUT2D eigenvalue weighted by atomic mass is 10.1. The highest BCUT2D eigenvalue weighted by molar-refractivity contribution is 5.82. The van der Waals surface area contributed by atoms with Gasteiger partial charge in [0.15, 0.2) is 0 Å². The van der Waals surface area contributed by atoms with Gasteiger partial charge in [0.05, 0.1) is 6.54 Å². The van der Waals surface area contributed by atoms with Crippen molar-refractivity contribution in [2.24, 2.45) is 5.92 Å². The molecule has 0 spiro atoms. The third-order valence-corrected chi connectivity index (χ3v) is 4.61. The molecule has 4 rings (SSSR count). The summed E-state index contributed by atoms with van der Waals surface area (Å²) in [5.74, 6) is 0.452. The zero-order valence-electron chi connectivity index (χ0n) is 12.8. The molecule has 0 unspecified atom stereocenters. The van der Waals surface area contributed by atoms with Gasteiger partial charge in [0.1, 0.15) is 0 Å². The SMILES string of the molecule is Cc1ccc2[nH]c(=O)c(CN(C(=O)C3CC3)C3CC3)cc2c1. The first-order valence-corrected chi connectivity index (χ1v) is 8.05. The normalized spacial score (nSPS) is 17.7. The van der Waals surface area contributed by atoms with E-state index in [4.69, 9.17) is 0 Å². The van der Waals surface area contributed by atoms with E-state index in [1.165, 1.54) is 5.56 Å². The van der Waals surface area contributed by atoms with Gasteiger partial charge in [-0.05, 0) is 56.2 Å². The molecule has 0 bridgehead atoms. The van der Waals surface area contributed by atoms with Crippen LogP contribution < -0.4 is 5.56 Å². The summed E-state index contributed by atoms with van der Waals surface area (Å²) in [6.07, 6.45) is 4.16. The highest BCUT2D eigenvalue weighted by atomic mass is 16.2. The number of fused-ring (bicyclic) bond motifs is 1. The van der Waals surface area contributed by atoms with E-state index in [0.29, 0.717) is 18.2 Å². The highest BCUT2D eigenvalue weighted by Crippen LogP contribution is 2.36. The number of aromatic amines is 1. The lowest BCUT2D eigenvalue weighted by Crippen LogP contribution is -2.35. The number of hydrogen-bond donors (Lipinski definition) is 1.